The van der Waals surface area contributed by atoms with Crippen LogP contribution in [0, 0.1) is 11.6 Å². The van der Waals surface area contributed by atoms with Crippen LogP contribution in [0.1, 0.15) is 26.3 Å². The van der Waals surface area contributed by atoms with Crippen molar-refractivity contribution in [3.63, 3.8) is 0 Å². The van der Waals surface area contributed by atoms with E-state index in [0.717, 1.165) is 25.1 Å². The van der Waals surface area contributed by atoms with Gasteiger partial charge in [0.1, 0.15) is 11.6 Å². The molecule has 0 fully saturated rings. The molecule has 0 aliphatic rings. The van der Waals surface area contributed by atoms with Crippen LogP contribution in [0.2, 0.25) is 0 Å². The molecule has 1 N–H and O–H groups in total. The molecule has 1 aromatic rings. The minimum Gasteiger partial charge on any atom is -0.349 e. The van der Waals surface area contributed by atoms with Crippen LogP contribution in [0.25, 0.3) is 0 Å². The van der Waals surface area contributed by atoms with Crippen molar-refractivity contribution in [1.29, 1.82) is 0 Å². The van der Waals surface area contributed by atoms with Crippen molar-refractivity contribution in [1.82, 2.24) is 5.32 Å². The monoisotopic (exact) mass is 255 g/mol. The van der Waals surface area contributed by atoms with Crippen molar-refractivity contribution in [3.05, 3.63) is 35.4 Å². The molecule has 0 saturated carbocycles. The molecule has 0 aromatic heterocycles. The molecule has 0 atom stereocenters. The summed E-state index contributed by atoms with van der Waals surface area (Å²) in [6.07, 6.45) is 0. The van der Waals surface area contributed by atoms with Gasteiger partial charge in [-0.05, 0) is 23.8 Å². The zero-order valence-corrected chi connectivity index (χ0v) is 10.5. The van der Waals surface area contributed by atoms with Crippen LogP contribution in [0.15, 0.2) is 18.2 Å². The third kappa shape index (κ3) is 3.35. The first-order valence-electron chi connectivity index (χ1n) is 5.48. The van der Waals surface area contributed by atoms with Crippen LogP contribution >= 0.6 is 0 Å². The maximum Gasteiger partial charge on any atom is 0.287 e. The van der Waals surface area contributed by atoms with Gasteiger partial charge in [-0.25, -0.2) is 8.78 Å². The van der Waals surface area contributed by atoms with Gasteiger partial charge < -0.3 is 5.32 Å². The molecule has 0 aliphatic carbocycles. The average Bonchev–Trinajstić information content (AvgIpc) is 2.29. The second-order valence-electron chi connectivity index (χ2n) is 4.75. The van der Waals surface area contributed by atoms with E-state index in [1.54, 1.807) is 13.8 Å². The molecule has 0 aliphatic heterocycles. The normalized spacial score (nSPS) is 11.2. The molecule has 0 heterocycles. The van der Waals surface area contributed by atoms with Crippen molar-refractivity contribution in [3.8, 4) is 0 Å². The van der Waals surface area contributed by atoms with Crippen molar-refractivity contribution in [2.24, 2.45) is 0 Å². The van der Waals surface area contributed by atoms with Crippen LogP contribution < -0.4 is 5.32 Å². The lowest BCUT2D eigenvalue weighted by atomic mass is 9.84. The molecular formula is C13H15F2NO2. The molecule has 3 nitrogen and oxygen atoms in total. The van der Waals surface area contributed by atoms with Crippen LogP contribution in [0.3, 0.4) is 0 Å². The molecule has 1 rings (SSSR count). The van der Waals surface area contributed by atoms with Gasteiger partial charge in [-0.15, -0.1) is 0 Å². The summed E-state index contributed by atoms with van der Waals surface area (Å²) in [4.78, 5) is 21.9. The number of nitrogens with one attached hydrogen (secondary N) is 1. The van der Waals surface area contributed by atoms with Gasteiger partial charge in [-0.1, -0.05) is 13.8 Å². The zero-order chi connectivity index (χ0) is 13.9. The quantitative estimate of drug-likeness (QED) is 0.836. The molecule has 18 heavy (non-hydrogen) atoms. The molecule has 0 unspecified atom stereocenters. The van der Waals surface area contributed by atoms with Crippen LogP contribution in [0.5, 0.6) is 0 Å². The van der Waals surface area contributed by atoms with Crippen molar-refractivity contribution >= 4 is 11.7 Å². The maximum absolute atomic E-state index is 13.6. The number of hydrogen-bond acceptors (Lipinski definition) is 2. The van der Waals surface area contributed by atoms with Gasteiger partial charge in [0, 0.05) is 18.9 Å². The topological polar surface area (TPSA) is 46.2 Å². The van der Waals surface area contributed by atoms with E-state index in [9.17, 15) is 18.4 Å². The summed E-state index contributed by atoms with van der Waals surface area (Å²) in [6, 6.07) is 3.16. The average molecular weight is 255 g/mol. The highest BCUT2D eigenvalue weighted by Crippen LogP contribution is 2.25. The molecular weight excluding hydrogens is 240 g/mol. The predicted octanol–water partition coefficient (Wildman–Crippen LogP) is 1.95. The van der Waals surface area contributed by atoms with E-state index < -0.39 is 28.7 Å². The molecule has 0 radical (unpaired) electrons. The number of Topliss-reactive ketones (excluding diaryl/α,β-unsaturated/α-hetero) is 1. The Hall–Kier alpha value is -1.78. The smallest absolute Gasteiger partial charge is 0.287 e. The van der Waals surface area contributed by atoms with E-state index in [2.05, 4.69) is 5.32 Å². The second kappa shape index (κ2) is 5.25. The highest BCUT2D eigenvalue weighted by molar-refractivity contribution is 6.35. The highest BCUT2D eigenvalue weighted by atomic mass is 19.1. The Morgan fingerprint density at radius 2 is 1.89 bits per heavy atom. The SMILES string of the molecule is CC(=O)C(=O)NCC(C)(C)c1cc(F)ccc1F. The number of ketones is 1. The van der Waals surface area contributed by atoms with Crippen molar-refractivity contribution < 1.29 is 18.4 Å². The fourth-order valence-corrected chi connectivity index (χ4v) is 1.54. The van der Waals surface area contributed by atoms with Gasteiger partial charge in [0.05, 0.1) is 0 Å². The number of benzene rings is 1. The predicted molar refractivity (Wildman–Crippen MR) is 63.1 cm³/mol. The van der Waals surface area contributed by atoms with E-state index in [0.29, 0.717) is 0 Å². The van der Waals surface area contributed by atoms with E-state index in [1.165, 1.54) is 0 Å². The first kappa shape index (κ1) is 14.3. The van der Waals surface area contributed by atoms with Gasteiger partial charge in [-0.3, -0.25) is 9.59 Å². The standard InChI is InChI=1S/C13H15F2NO2/c1-8(17)12(18)16-7-13(2,3)10-6-9(14)4-5-11(10)15/h4-6H,7H2,1-3H3,(H,16,18). The Bertz CT molecular complexity index is 484. The summed E-state index contributed by atoms with van der Waals surface area (Å²) in [5.74, 6) is -2.44. The fraction of sp³-hybridized carbons (Fsp3) is 0.385. The highest BCUT2D eigenvalue weighted by Gasteiger charge is 2.26. The number of rotatable bonds is 4. The minimum atomic E-state index is -0.808. The third-order valence-corrected chi connectivity index (χ3v) is 2.67. The fourth-order valence-electron chi connectivity index (χ4n) is 1.54. The van der Waals surface area contributed by atoms with Gasteiger partial charge in [0.25, 0.3) is 5.91 Å². The second-order valence-corrected chi connectivity index (χ2v) is 4.75. The van der Waals surface area contributed by atoms with Crippen LogP contribution in [0.4, 0.5) is 8.78 Å². The lowest BCUT2D eigenvalue weighted by Crippen LogP contribution is -2.39. The first-order valence-corrected chi connectivity index (χ1v) is 5.48. The first-order chi connectivity index (χ1) is 8.24. The maximum atomic E-state index is 13.6. The van der Waals surface area contributed by atoms with Gasteiger partial charge >= 0.3 is 0 Å². The summed E-state index contributed by atoms with van der Waals surface area (Å²) in [6.45, 7) is 4.51. The van der Waals surface area contributed by atoms with E-state index in [-0.39, 0.29) is 12.1 Å². The molecule has 98 valence electrons. The summed E-state index contributed by atoms with van der Waals surface area (Å²) >= 11 is 0. The number of carbonyl (C=O) groups is 2. The summed E-state index contributed by atoms with van der Waals surface area (Å²) in [7, 11) is 0. The Labute approximate surface area is 104 Å². The van der Waals surface area contributed by atoms with Gasteiger partial charge in [-0.2, -0.15) is 0 Å². The largest absolute Gasteiger partial charge is 0.349 e. The summed E-state index contributed by atoms with van der Waals surface area (Å²) in [5.41, 5.74) is -0.650. The number of hydrogen-bond donors (Lipinski definition) is 1. The van der Waals surface area contributed by atoms with Gasteiger partial charge in [0.2, 0.25) is 5.78 Å². The van der Waals surface area contributed by atoms with Crippen molar-refractivity contribution in [2.45, 2.75) is 26.2 Å². The number of carbonyl (C=O) groups excluding carboxylic acids is 2. The molecule has 5 heteroatoms. The lowest BCUT2D eigenvalue weighted by molar-refractivity contribution is -0.136. The Morgan fingerprint density at radius 1 is 1.28 bits per heavy atom. The van der Waals surface area contributed by atoms with Crippen molar-refractivity contribution in [2.75, 3.05) is 6.54 Å². The van der Waals surface area contributed by atoms with E-state index in [1.807, 2.05) is 0 Å². The summed E-state index contributed by atoms with van der Waals surface area (Å²) < 4.78 is 26.7. The van der Waals surface area contributed by atoms with E-state index >= 15 is 0 Å². The minimum absolute atomic E-state index is 0.0474. The van der Waals surface area contributed by atoms with Crippen LogP contribution in [-0.2, 0) is 15.0 Å². The zero-order valence-electron chi connectivity index (χ0n) is 10.5. The lowest BCUT2D eigenvalue weighted by Gasteiger charge is -2.25. The molecule has 1 aromatic carbocycles. The molecule has 0 spiro atoms. The van der Waals surface area contributed by atoms with E-state index in [4.69, 9.17) is 0 Å². The number of halogens is 2. The van der Waals surface area contributed by atoms with Crippen LogP contribution in [-0.4, -0.2) is 18.2 Å². The third-order valence-electron chi connectivity index (χ3n) is 2.67. The summed E-state index contributed by atoms with van der Waals surface area (Å²) in [5, 5.41) is 2.39. The molecule has 0 bridgehead atoms. The van der Waals surface area contributed by atoms with Gasteiger partial charge in [0.15, 0.2) is 0 Å². The Morgan fingerprint density at radius 3 is 2.44 bits per heavy atom. The Kier molecular flexibility index (Phi) is 4.16. The molecule has 1 amide bonds. The Balaban J connectivity index is 2.89. The molecule has 0 saturated heterocycles. The number of amides is 1.